The average Bonchev–Trinajstić information content (AvgIpc) is 2.98. The van der Waals surface area contributed by atoms with E-state index in [4.69, 9.17) is 0 Å². The van der Waals surface area contributed by atoms with Crippen molar-refractivity contribution >= 4 is 11.2 Å². The fourth-order valence-corrected chi connectivity index (χ4v) is 3.22. The van der Waals surface area contributed by atoms with E-state index in [1.54, 1.807) is 24.7 Å². The molecule has 0 aliphatic heterocycles. The van der Waals surface area contributed by atoms with E-state index in [2.05, 4.69) is 11.9 Å². The van der Waals surface area contributed by atoms with Crippen molar-refractivity contribution in [2.45, 2.75) is 91.5 Å². The standard InChI is InChI=1S/C19H32N4O3/c1-5-7-12-21-14-20-16-15(21)17(24)23(18(25)22(16)6-2)13-10-8-9-11-19(3,4)26/h14,26H,5-13H2,1-4H3. The quantitative estimate of drug-likeness (QED) is 0.657. The summed E-state index contributed by atoms with van der Waals surface area (Å²) in [4.78, 5) is 30.0. The van der Waals surface area contributed by atoms with Crippen LogP contribution in [0, 0.1) is 0 Å². The van der Waals surface area contributed by atoms with Crippen LogP contribution in [0.25, 0.3) is 11.2 Å². The molecule has 0 bridgehead atoms. The molecule has 26 heavy (non-hydrogen) atoms. The summed E-state index contributed by atoms with van der Waals surface area (Å²) in [5, 5.41) is 9.77. The van der Waals surface area contributed by atoms with Crippen molar-refractivity contribution in [2.24, 2.45) is 0 Å². The normalized spacial score (nSPS) is 12.2. The highest BCUT2D eigenvalue weighted by atomic mass is 16.3. The van der Waals surface area contributed by atoms with Gasteiger partial charge >= 0.3 is 5.69 Å². The fraction of sp³-hybridized carbons (Fsp3) is 0.737. The van der Waals surface area contributed by atoms with E-state index in [9.17, 15) is 14.7 Å². The zero-order valence-corrected chi connectivity index (χ0v) is 16.5. The van der Waals surface area contributed by atoms with E-state index in [0.717, 1.165) is 38.6 Å². The molecule has 0 fully saturated rings. The van der Waals surface area contributed by atoms with Crippen molar-refractivity contribution in [2.75, 3.05) is 0 Å². The highest BCUT2D eigenvalue weighted by Crippen LogP contribution is 2.13. The maximum absolute atomic E-state index is 12.9. The zero-order valence-electron chi connectivity index (χ0n) is 16.5. The Morgan fingerprint density at radius 3 is 2.38 bits per heavy atom. The maximum atomic E-state index is 12.9. The van der Waals surface area contributed by atoms with Crippen molar-refractivity contribution in [3.05, 3.63) is 27.2 Å². The van der Waals surface area contributed by atoms with E-state index in [1.165, 1.54) is 4.57 Å². The molecule has 146 valence electrons. The molecule has 2 heterocycles. The van der Waals surface area contributed by atoms with Crippen molar-refractivity contribution < 1.29 is 5.11 Å². The van der Waals surface area contributed by atoms with Crippen LogP contribution in [-0.4, -0.2) is 29.4 Å². The third-order valence-corrected chi connectivity index (χ3v) is 4.72. The summed E-state index contributed by atoms with van der Waals surface area (Å²) in [7, 11) is 0. The van der Waals surface area contributed by atoms with Crippen LogP contribution in [0.15, 0.2) is 15.9 Å². The third-order valence-electron chi connectivity index (χ3n) is 4.72. The molecule has 0 saturated carbocycles. The highest BCUT2D eigenvalue weighted by Gasteiger charge is 2.17. The van der Waals surface area contributed by atoms with Crippen molar-refractivity contribution in [3.63, 3.8) is 0 Å². The molecule has 2 aromatic rings. The first-order valence-corrected chi connectivity index (χ1v) is 9.71. The van der Waals surface area contributed by atoms with E-state index < -0.39 is 5.60 Å². The molecule has 0 spiro atoms. The van der Waals surface area contributed by atoms with Gasteiger partial charge in [0.05, 0.1) is 11.9 Å². The van der Waals surface area contributed by atoms with E-state index in [-0.39, 0.29) is 11.2 Å². The molecule has 0 amide bonds. The van der Waals surface area contributed by atoms with E-state index in [0.29, 0.717) is 30.7 Å². The summed E-state index contributed by atoms with van der Waals surface area (Å²) in [5.74, 6) is 0. The first-order valence-electron chi connectivity index (χ1n) is 9.71. The summed E-state index contributed by atoms with van der Waals surface area (Å²) < 4.78 is 4.80. The minimum Gasteiger partial charge on any atom is -0.390 e. The molecule has 1 N–H and O–H groups in total. The van der Waals surface area contributed by atoms with Gasteiger partial charge in [-0.3, -0.25) is 13.9 Å². The Hall–Kier alpha value is -1.89. The van der Waals surface area contributed by atoms with Gasteiger partial charge in [-0.25, -0.2) is 9.78 Å². The molecule has 2 aromatic heterocycles. The van der Waals surface area contributed by atoms with Gasteiger partial charge in [-0.2, -0.15) is 0 Å². The first-order chi connectivity index (χ1) is 12.3. The molecule has 0 unspecified atom stereocenters. The molecule has 7 nitrogen and oxygen atoms in total. The molecule has 0 saturated heterocycles. The number of aromatic nitrogens is 4. The number of hydrogen-bond acceptors (Lipinski definition) is 4. The lowest BCUT2D eigenvalue weighted by Gasteiger charge is -2.16. The highest BCUT2D eigenvalue weighted by molar-refractivity contribution is 5.70. The predicted molar refractivity (Wildman–Crippen MR) is 104 cm³/mol. The van der Waals surface area contributed by atoms with Gasteiger partial charge in [-0.15, -0.1) is 0 Å². The lowest BCUT2D eigenvalue weighted by molar-refractivity contribution is 0.0679. The maximum Gasteiger partial charge on any atom is 0.332 e. The summed E-state index contributed by atoms with van der Waals surface area (Å²) in [6.07, 6.45) is 6.86. The molecular formula is C19H32N4O3. The lowest BCUT2D eigenvalue weighted by Crippen LogP contribution is -2.40. The van der Waals surface area contributed by atoms with Crippen LogP contribution in [0.3, 0.4) is 0 Å². The molecule has 2 rings (SSSR count). The average molecular weight is 364 g/mol. The number of nitrogens with zero attached hydrogens (tertiary/aromatic N) is 4. The largest absolute Gasteiger partial charge is 0.390 e. The summed E-state index contributed by atoms with van der Waals surface area (Å²) in [6.45, 7) is 9.20. The van der Waals surface area contributed by atoms with Gasteiger partial charge in [0.25, 0.3) is 5.56 Å². The Kier molecular flexibility index (Phi) is 6.81. The van der Waals surface area contributed by atoms with Gasteiger partial charge in [0.15, 0.2) is 11.2 Å². The van der Waals surface area contributed by atoms with Crippen LogP contribution in [0.2, 0.25) is 0 Å². The van der Waals surface area contributed by atoms with Crippen LogP contribution >= 0.6 is 0 Å². The second-order valence-corrected chi connectivity index (χ2v) is 7.57. The second-order valence-electron chi connectivity index (χ2n) is 7.57. The third kappa shape index (κ3) is 4.63. The van der Waals surface area contributed by atoms with Crippen LogP contribution in [0.4, 0.5) is 0 Å². The van der Waals surface area contributed by atoms with Crippen LogP contribution in [0.1, 0.15) is 66.2 Å². The van der Waals surface area contributed by atoms with Gasteiger partial charge in [0.1, 0.15) is 0 Å². The minimum absolute atomic E-state index is 0.245. The topological polar surface area (TPSA) is 82.1 Å². The minimum atomic E-state index is -0.670. The van der Waals surface area contributed by atoms with Gasteiger partial charge in [-0.05, 0) is 40.0 Å². The monoisotopic (exact) mass is 364 g/mol. The number of fused-ring (bicyclic) bond motifs is 1. The summed E-state index contributed by atoms with van der Waals surface area (Å²) >= 11 is 0. The molecule has 0 atom stereocenters. The van der Waals surface area contributed by atoms with E-state index in [1.807, 2.05) is 11.5 Å². The first kappa shape index (κ1) is 20.4. The number of rotatable bonds is 10. The Labute approximate surface area is 154 Å². The molecule has 0 aliphatic carbocycles. The number of aryl methyl sites for hydroxylation is 2. The Balaban J connectivity index is 2.28. The number of aliphatic hydroxyl groups is 1. The van der Waals surface area contributed by atoms with Gasteiger partial charge in [-0.1, -0.05) is 26.2 Å². The molecule has 0 aromatic carbocycles. The van der Waals surface area contributed by atoms with Gasteiger partial charge in [0.2, 0.25) is 0 Å². The second kappa shape index (κ2) is 8.66. The molecule has 0 aliphatic rings. The summed E-state index contributed by atoms with van der Waals surface area (Å²) in [5.41, 5.74) is -0.191. The molecule has 0 radical (unpaired) electrons. The number of hydrogen-bond donors (Lipinski definition) is 1. The molecule has 7 heteroatoms. The van der Waals surface area contributed by atoms with Crippen molar-refractivity contribution in [3.8, 4) is 0 Å². The molecular weight excluding hydrogens is 332 g/mol. The lowest BCUT2D eigenvalue weighted by atomic mass is 10.0. The Morgan fingerprint density at radius 1 is 1.04 bits per heavy atom. The van der Waals surface area contributed by atoms with E-state index >= 15 is 0 Å². The van der Waals surface area contributed by atoms with Crippen molar-refractivity contribution in [1.29, 1.82) is 0 Å². The Morgan fingerprint density at radius 2 is 1.77 bits per heavy atom. The van der Waals surface area contributed by atoms with Crippen LogP contribution in [0.5, 0.6) is 0 Å². The fourth-order valence-electron chi connectivity index (χ4n) is 3.22. The number of unbranched alkanes of at least 4 members (excludes halogenated alkanes) is 3. The smallest absolute Gasteiger partial charge is 0.332 e. The van der Waals surface area contributed by atoms with Crippen LogP contribution in [-0.2, 0) is 19.6 Å². The number of imidazole rings is 1. The van der Waals surface area contributed by atoms with Crippen molar-refractivity contribution in [1.82, 2.24) is 18.7 Å². The SMILES string of the molecule is CCCCn1cnc2c1c(=O)n(CCCCCC(C)(C)O)c(=O)n2CC. The van der Waals surface area contributed by atoms with Gasteiger partial charge in [0, 0.05) is 19.6 Å². The summed E-state index contributed by atoms with van der Waals surface area (Å²) in [6, 6.07) is 0. The van der Waals surface area contributed by atoms with Crippen LogP contribution < -0.4 is 11.2 Å². The predicted octanol–water partition coefficient (Wildman–Crippen LogP) is 2.51. The van der Waals surface area contributed by atoms with Gasteiger partial charge < -0.3 is 9.67 Å². The zero-order chi connectivity index (χ0) is 19.3. The Bertz CT molecular complexity index is 839.